The first-order chi connectivity index (χ1) is 13.6. The van der Waals surface area contributed by atoms with E-state index in [0.717, 1.165) is 0 Å². The van der Waals surface area contributed by atoms with Crippen LogP contribution in [0.3, 0.4) is 0 Å². The lowest BCUT2D eigenvalue weighted by Gasteiger charge is -2.26. The van der Waals surface area contributed by atoms with Crippen LogP contribution in [-0.2, 0) is 16.6 Å². The Morgan fingerprint density at radius 3 is 2.52 bits per heavy atom. The van der Waals surface area contributed by atoms with Crippen molar-refractivity contribution in [1.82, 2.24) is 19.6 Å². The minimum Gasteiger partial charge on any atom is -0.507 e. The summed E-state index contributed by atoms with van der Waals surface area (Å²) in [6.45, 7) is 4.28. The normalized spacial score (nSPS) is 18.9. The molecule has 1 amide bonds. The molecule has 29 heavy (non-hydrogen) atoms. The second-order valence-electron chi connectivity index (χ2n) is 7.52. The Balaban J connectivity index is 2.22. The first-order valence-corrected chi connectivity index (χ1v) is 9.32. The van der Waals surface area contributed by atoms with Gasteiger partial charge in [0, 0.05) is 25.8 Å². The van der Waals surface area contributed by atoms with E-state index in [-0.39, 0.29) is 17.9 Å². The maximum absolute atomic E-state index is 14.0. The summed E-state index contributed by atoms with van der Waals surface area (Å²) < 4.78 is 15.6. The predicted octanol–water partition coefficient (Wildman–Crippen LogP) is 2.16. The molecule has 154 valence electrons. The van der Waals surface area contributed by atoms with Gasteiger partial charge in [-0.2, -0.15) is 5.10 Å². The minimum atomic E-state index is -0.871. The van der Waals surface area contributed by atoms with Gasteiger partial charge in [-0.05, 0) is 45.6 Å². The molecule has 2 aromatic rings. The van der Waals surface area contributed by atoms with Crippen LogP contribution in [0.5, 0.6) is 0 Å². The van der Waals surface area contributed by atoms with Crippen LogP contribution in [0.4, 0.5) is 4.39 Å². The van der Waals surface area contributed by atoms with Gasteiger partial charge in [0.25, 0.3) is 11.7 Å². The highest BCUT2D eigenvalue weighted by atomic mass is 19.1. The molecule has 1 atom stereocenters. The van der Waals surface area contributed by atoms with Crippen LogP contribution in [0.1, 0.15) is 28.6 Å². The van der Waals surface area contributed by atoms with Gasteiger partial charge >= 0.3 is 0 Å². The number of halogens is 1. The second kappa shape index (κ2) is 7.79. The van der Waals surface area contributed by atoms with Gasteiger partial charge in [-0.3, -0.25) is 14.3 Å². The number of carbonyl (C=O) groups excluding carboxylic acids is 2. The summed E-state index contributed by atoms with van der Waals surface area (Å²) >= 11 is 0. The molecule has 1 aliphatic heterocycles. The molecule has 7 nitrogen and oxygen atoms in total. The Morgan fingerprint density at radius 2 is 1.97 bits per heavy atom. The summed E-state index contributed by atoms with van der Waals surface area (Å²) in [6.07, 6.45) is 0. The summed E-state index contributed by atoms with van der Waals surface area (Å²) in [5.74, 6) is -2.25. The Hall–Kier alpha value is -3.00. The van der Waals surface area contributed by atoms with E-state index < -0.39 is 23.5 Å². The van der Waals surface area contributed by atoms with Crippen LogP contribution in [0.15, 0.2) is 29.8 Å². The number of likely N-dealkylation sites (N-methyl/N-ethyl adjacent to an activating group) is 1. The van der Waals surface area contributed by atoms with E-state index >= 15 is 0 Å². The molecule has 0 saturated carbocycles. The zero-order valence-corrected chi connectivity index (χ0v) is 17.2. The fraction of sp³-hybridized carbons (Fsp3) is 0.381. The summed E-state index contributed by atoms with van der Waals surface area (Å²) in [5, 5.41) is 15.4. The molecule has 2 heterocycles. The van der Waals surface area contributed by atoms with Crippen LogP contribution < -0.4 is 0 Å². The Morgan fingerprint density at radius 1 is 1.28 bits per heavy atom. The maximum atomic E-state index is 14.0. The van der Waals surface area contributed by atoms with Crippen molar-refractivity contribution in [2.24, 2.45) is 7.05 Å². The van der Waals surface area contributed by atoms with Crippen molar-refractivity contribution < 1.29 is 19.1 Å². The van der Waals surface area contributed by atoms with Crippen LogP contribution in [-0.4, -0.2) is 63.6 Å². The predicted molar refractivity (Wildman–Crippen MR) is 107 cm³/mol. The number of aryl methyl sites for hydroxylation is 2. The molecular weight excluding hydrogens is 375 g/mol. The first kappa shape index (κ1) is 20.7. The number of hydrogen-bond donors (Lipinski definition) is 1. The van der Waals surface area contributed by atoms with E-state index in [2.05, 4.69) is 5.10 Å². The quantitative estimate of drug-likeness (QED) is 0.473. The van der Waals surface area contributed by atoms with Gasteiger partial charge in [0.1, 0.15) is 11.6 Å². The van der Waals surface area contributed by atoms with Gasteiger partial charge in [0.2, 0.25) is 0 Å². The summed E-state index contributed by atoms with van der Waals surface area (Å²) in [5.41, 5.74) is 2.01. The zero-order valence-electron chi connectivity index (χ0n) is 17.2. The number of Topliss-reactive ketones (excluding diaryl/α,β-unsaturated/α-hetero) is 1. The van der Waals surface area contributed by atoms with E-state index in [1.54, 1.807) is 31.6 Å². The van der Waals surface area contributed by atoms with Gasteiger partial charge in [-0.15, -0.1) is 0 Å². The zero-order chi connectivity index (χ0) is 21.5. The lowest BCUT2D eigenvalue weighted by atomic mass is 9.94. The minimum absolute atomic E-state index is 0.0430. The van der Waals surface area contributed by atoms with Crippen molar-refractivity contribution in [3.05, 3.63) is 58.2 Å². The number of rotatable bonds is 5. The number of aliphatic hydroxyl groups excluding tert-OH is 1. The summed E-state index contributed by atoms with van der Waals surface area (Å²) in [4.78, 5) is 29.0. The summed E-state index contributed by atoms with van der Waals surface area (Å²) in [6, 6.07) is 4.89. The van der Waals surface area contributed by atoms with E-state index in [1.165, 1.54) is 23.1 Å². The molecule has 1 aromatic heterocycles. The third kappa shape index (κ3) is 3.67. The average molecular weight is 400 g/mol. The van der Waals surface area contributed by atoms with Crippen LogP contribution in [0.25, 0.3) is 5.76 Å². The third-order valence-electron chi connectivity index (χ3n) is 5.24. The molecule has 1 N–H and O–H groups in total. The number of ketones is 1. The van der Waals surface area contributed by atoms with Crippen molar-refractivity contribution in [3.63, 3.8) is 0 Å². The molecule has 1 aromatic carbocycles. The van der Waals surface area contributed by atoms with Crippen LogP contribution in [0.2, 0.25) is 0 Å². The molecule has 1 aliphatic rings. The molecule has 0 aliphatic carbocycles. The average Bonchev–Trinajstić information content (AvgIpc) is 3.05. The van der Waals surface area contributed by atoms with Crippen LogP contribution in [0, 0.1) is 19.7 Å². The molecule has 0 bridgehead atoms. The van der Waals surface area contributed by atoms with E-state index in [9.17, 15) is 19.1 Å². The fourth-order valence-corrected chi connectivity index (χ4v) is 3.69. The first-order valence-electron chi connectivity index (χ1n) is 9.32. The standard InChI is InChI=1S/C21H25FN4O3/c1-12-16(13(2)25(5)23-12)19(27)17-18(14-7-6-8-15(22)11-14)26(10-9-24(3)4)21(29)20(17)28/h6-8,11,18,27H,9-10H2,1-5H3. The van der Waals surface area contributed by atoms with Gasteiger partial charge in [-0.1, -0.05) is 12.1 Å². The third-order valence-corrected chi connectivity index (χ3v) is 5.24. The molecular formula is C21H25FN4O3. The summed E-state index contributed by atoms with van der Waals surface area (Å²) in [7, 11) is 5.45. The SMILES string of the molecule is Cc1nn(C)c(C)c1C(O)=C1C(=O)C(=O)N(CCN(C)C)C1c1cccc(F)c1. The Bertz CT molecular complexity index is 1010. The number of aliphatic hydroxyl groups is 1. The van der Waals surface area contributed by atoms with E-state index in [1.807, 2.05) is 19.0 Å². The number of hydrogen-bond acceptors (Lipinski definition) is 5. The molecule has 3 rings (SSSR count). The Labute approximate surface area is 169 Å². The number of likely N-dealkylation sites (tertiary alicyclic amines) is 1. The largest absolute Gasteiger partial charge is 0.507 e. The monoisotopic (exact) mass is 400 g/mol. The van der Waals surface area contributed by atoms with Crippen molar-refractivity contribution in [3.8, 4) is 0 Å². The number of carbonyl (C=O) groups is 2. The smallest absolute Gasteiger partial charge is 0.295 e. The molecule has 8 heteroatoms. The Kier molecular flexibility index (Phi) is 5.57. The molecule has 1 unspecified atom stereocenters. The van der Waals surface area contributed by atoms with Crippen molar-refractivity contribution in [1.29, 1.82) is 0 Å². The van der Waals surface area contributed by atoms with Gasteiger partial charge in [-0.25, -0.2) is 4.39 Å². The van der Waals surface area contributed by atoms with Gasteiger partial charge in [0.15, 0.2) is 0 Å². The van der Waals surface area contributed by atoms with Crippen LogP contribution >= 0.6 is 0 Å². The van der Waals surface area contributed by atoms with E-state index in [4.69, 9.17) is 0 Å². The van der Waals surface area contributed by atoms with Gasteiger partial charge in [0.05, 0.1) is 22.9 Å². The molecule has 0 radical (unpaired) electrons. The topological polar surface area (TPSA) is 78.7 Å². The number of aromatic nitrogens is 2. The lowest BCUT2D eigenvalue weighted by Crippen LogP contribution is -2.35. The number of benzene rings is 1. The second-order valence-corrected chi connectivity index (χ2v) is 7.52. The molecule has 1 fully saturated rings. The van der Waals surface area contributed by atoms with Gasteiger partial charge < -0.3 is 14.9 Å². The van der Waals surface area contributed by atoms with Crippen molar-refractivity contribution in [2.45, 2.75) is 19.9 Å². The number of amides is 1. The molecule has 0 spiro atoms. The van der Waals surface area contributed by atoms with E-state index in [0.29, 0.717) is 29.1 Å². The number of nitrogens with zero attached hydrogens (tertiary/aromatic N) is 4. The maximum Gasteiger partial charge on any atom is 0.295 e. The van der Waals surface area contributed by atoms with Crippen molar-refractivity contribution >= 4 is 17.4 Å². The van der Waals surface area contributed by atoms with Crippen molar-refractivity contribution in [2.75, 3.05) is 27.2 Å². The highest BCUT2D eigenvalue weighted by Gasteiger charge is 2.46. The molecule has 1 saturated heterocycles. The fourth-order valence-electron chi connectivity index (χ4n) is 3.69. The highest BCUT2D eigenvalue weighted by Crippen LogP contribution is 2.40. The lowest BCUT2D eigenvalue weighted by molar-refractivity contribution is -0.140. The highest BCUT2D eigenvalue weighted by molar-refractivity contribution is 6.46.